The summed E-state index contributed by atoms with van der Waals surface area (Å²) < 4.78 is 10.5. The highest BCUT2D eigenvalue weighted by Crippen LogP contribution is 2.13. The van der Waals surface area contributed by atoms with Crippen LogP contribution in [-0.4, -0.2) is 36.4 Å². The molecule has 41 heavy (non-hydrogen) atoms. The van der Waals surface area contributed by atoms with Gasteiger partial charge >= 0.3 is 11.9 Å². The molecule has 0 aliphatic carbocycles. The topological polar surface area (TPSA) is 72.8 Å². The Hall–Kier alpha value is -2.14. The molecule has 0 aromatic carbocycles. The first-order valence-electron chi connectivity index (χ1n) is 16.7. The van der Waals surface area contributed by atoms with Crippen LogP contribution in [0.5, 0.6) is 0 Å². The Bertz CT molecular complexity index is 707. The molecule has 0 aromatic heterocycles. The Morgan fingerprint density at radius 1 is 0.585 bits per heavy atom. The summed E-state index contributed by atoms with van der Waals surface area (Å²) in [6.07, 6.45) is 38.8. The van der Waals surface area contributed by atoms with Gasteiger partial charge in [-0.2, -0.15) is 0 Å². The number of aliphatic hydroxyl groups excluding tert-OH is 1. The van der Waals surface area contributed by atoms with Crippen molar-refractivity contribution in [3.8, 4) is 0 Å². The van der Waals surface area contributed by atoms with E-state index in [1.807, 2.05) is 0 Å². The number of carbonyl (C=O) groups excluding carboxylic acids is 2. The van der Waals surface area contributed by atoms with E-state index in [-0.39, 0.29) is 25.2 Å². The number of hydrogen-bond donors (Lipinski definition) is 1. The third-order valence-electron chi connectivity index (χ3n) is 6.89. The molecule has 0 aliphatic rings. The molecular weight excluding hydrogens is 512 g/mol. The molecule has 0 aliphatic heterocycles. The van der Waals surface area contributed by atoms with Crippen molar-refractivity contribution in [3.05, 3.63) is 48.6 Å². The van der Waals surface area contributed by atoms with Gasteiger partial charge in [0.15, 0.2) is 6.10 Å². The van der Waals surface area contributed by atoms with Crippen molar-refractivity contribution in [2.45, 2.75) is 155 Å². The molecule has 1 atom stereocenters. The van der Waals surface area contributed by atoms with Crippen LogP contribution in [0.1, 0.15) is 149 Å². The number of ether oxygens (including phenoxy) is 2. The van der Waals surface area contributed by atoms with E-state index in [0.29, 0.717) is 12.8 Å². The van der Waals surface area contributed by atoms with Crippen LogP contribution in [0.25, 0.3) is 0 Å². The summed E-state index contributed by atoms with van der Waals surface area (Å²) in [6, 6.07) is 0. The van der Waals surface area contributed by atoms with Gasteiger partial charge < -0.3 is 14.6 Å². The highest BCUT2D eigenvalue weighted by molar-refractivity contribution is 5.70. The van der Waals surface area contributed by atoms with E-state index in [0.717, 1.165) is 64.2 Å². The van der Waals surface area contributed by atoms with Gasteiger partial charge in [-0.05, 0) is 51.4 Å². The van der Waals surface area contributed by atoms with Gasteiger partial charge in [-0.25, -0.2) is 0 Å². The fourth-order valence-electron chi connectivity index (χ4n) is 4.37. The summed E-state index contributed by atoms with van der Waals surface area (Å²) in [4.78, 5) is 24.1. The summed E-state index contributed by atoms with van der Waals surface area (Å²) in [7, 11) is 0. The lowest BCUT2D eigenvalue weighted by atomic mass is 10.0. The van der Waals surface area contributed by atoms with Gasteiger partial charge in [0, 0.05) is 12.8 Å². The molecular formula is C36H62O5. The van der Waals surface area contributed by atoms with Gasteiger partial charge in [-0.15, -0.1) is 0 Å². The van der Waals surface area contributed by atoms with Crippen LogP contribution < -0.4 is 0 Å². The fourth-order valence-corrected chi connectivity index (χ4v) is 4.37. The Kier molecular flexibility index (Phi) is 30.7. The van der Waals surface area contributed by atoms with E-state index in [9.17, 15) is 14.7 Å². The van der Waals surface area contributed by atoms with Crippen molar-refractivity contribution in [1.82, 2.24) is 0 Å². The third-order valence-corrected chi connectivity index (χ3v) is 6.89. The van der Waals surface area contributed by atoms with Gasteiger partial charge in [0.25, 0.3) is 0 Å². The summed E-state index contributed by atoms with van der Waals surface area (Å²) >= 11 is 0. The predicted octanol–water partition coefficient (Wildman–Crippen LogP) is 9.89. The standard InChI is InChI=1S/C36H62O5/c1-3-5-7-9-11-13-15-17-18-19-21-22-24-26-28-30-35(38)40-33-34(32-37)41-36(39)31-29-27-25-23-20-16-14-12-10-8-6-4-2/h5,7,11,13,17-18,21-22,34,37H,3-4,6,8-10,12,14-16,19-20,23-33H2,1-2H3/t34-/m0/s1. The summed E-state index contributed by atoms with van der Waals surface area (Å²) in [5.74, 6) is -0.643. The van der Waals surface area contributed by atoms with Crippen LogP contribution in [0.3, 0.4) is 0 Å². The van der Waals surface area contributed by atoms with Crippen molar-refractivity contribution in [3.63, 3.8) is 0 Å². The Morgan fingerprint density at radius 2 is 1.05 bits per heavy atom. The number of aliphatic hydroxyl groups is 1. The molecule has 0 aromatic rings. The smallest absolute Gasteiger partial charge is 0.306 e. The van der Waals surface area contributed by atoms with Crippen LogP contribution in [-0.2, 0) is 19.1 Å². The first kappa shape index (κ1) is 38.9. The van der Waals surface area contributed by atoms with Crippen molar-refractivity contribution in [1.29, 1.82) is 0 Å². The minimum absolute atomic E-state index is 0.0869. The van der Waals surface area contributed by atoms with E-state index in [4.69, 9.17) is 9.47 Å². The zero-order chi connectivity index (χ0) is 30.1. The highest BCUT2D eigenvalue weighted by atomic mass is 16.6. The van der Waals surface area contributed by atoms with Gasteiger partial charge in [0.1, 0.15) is 6.61 Å². The van der Waals surface area contributed by atoms with E-state index in [1.54, 1.807) is 0 Å². The average molecular weight is 575 g/mol. The quantitative estimate of drug-likeness (QED) is 0.0547. The van der Waals surface area contributed by atoms with Gasteiger partial charge in [-0.1, -0.05) is 133 Å². The molecule has 5 heteroatoms. The van der Waals surface area contributed by atoms with Crippen molar-refractivity contribution in [2.75, 3.05) is 13.2 Å². The molecule has 0 saturated heterocycles. The summed E-state index contributed by atoms with van der Waals surface area (Å²) in [5, 5.41) is 9.49. The van der Waals surface area contributed by atoms with Gasteiger partial charge in [-0.3, -0.25) is 9.59 Å². The van der Waals surface area contributed by atoms with Crippen LogP contribution in [0, 0.1) is 0 Å². The second kappa shape index (κ2) is 32.4. The monoisotopic (exact) mass is 574 g/mol. The molecule has 0 fully saturated rings. The van der Waals surface area contributed by atoms with Crippen LogP contribution in [0.4, 0.5) is 0 Å². The van der Waals surface area contributed by atoms with Gasteiger partial charge in [0.05, 0.1) is 6.61 Å². The lowest BCUT2D eigenvalue weighted by Gasteiger charge is -2.15. The summed E-state index contributed by atoms with van der Waals surface area (Å²) in [5.41, 5.74) is 0. The molecule has 0 heterocycles. The maximum Gasteiger partial charge on any atom is 0.306 e. The molecule has 0 bridgehead atoms. The first-order valence-corrected chi connectivity index (χ1v) is 16.7. The zero-order valence-corrected chi connectivity index (χ0v) is 26.5. The Balaban J connectivity index is 3.68. The van der Waals surface area contributed by atoms with E-state index in [2.05, 4.69) is 62.5 Å². The molecule has 0 saturated carbocycles. The molecule has 5 nitrogen and oxygen atoms in total. The van der Waals surface area contributed by atoms with Crippen LogP contribution in [0.15, 0.2) is 48.6 Å². The number of unbranched alkanes of at least 4 members (excludes halogenated alkanes) is 13. The number of hydrogen-bond acceptors (Lipinski definition) is 5. The van der Waals surface area contributed by atoms with Crippen molar-refractivity contribution >= 4 is 11.9 Å². The Morgan fingerprint density at radius 3 is 1.59 bits per heavy atom. The maximum atomic E-state index is 12.1. The van der Waals surface area contributed by atoms with E-state index >= 15 is 0 Å². The number of rotatable bonds is 29. The van der Waals surface area contributed by atoms with Gasteiger partial charge in [0.2, 0.25) is 0 Å². The molecule has 0 rings (SSSR count). The molecule has 0 spiro atoms. The Labute approximate surface area is 252 Å². The number of esters is 2. The van der Waals surface area contributed by atoms with E-state index < -0.39 is 6.10 Å². The molecule has 0 amide bonds. The number of allylic oxidation sites excluding steroid dienone is 8. The maximum absolute atomic E-state index is 12.1. The predicted molar refractivity (Wildman–Crippen MR) is 173 cm³/mol. The highest BCUT2D eigenvalue weighted by Gasteiger charge is 2.16. The minimum atomic E-state index is -0.784. The molecule has 0 unspecified atom stereocenters. The minimum Gasteiger partial charge on any atom is -0.462 e. The zero-order valence-electron chi connectivity index (χ0n) is 26.5. The average Bonchev–Trinajstić information content (AvgIpc) is 2.97. The second-order valence-electron chi connectivity index (χ2n) is 10.9. The van der Waals surface area contributed by atoms with Crippen molar-refractivity contribution in [2.24, 2.45) is 0 Å². The third kappa shape index (κ3) is 30.6. The van der Waals surface area contributed by atoms with Crippen LogP contribution >= 0.6 is 0 Å². The SMILES string of the molecule is CCC=CCC=CCC=CCC=CCCCCC(=O)OC[C@H](CO)OC(=O)CCCCCCCCCCCCCC. The lowest BCUT2D eigenvalue weighted by Crippen LogP contribution is -2.28. The normalized spacial score (nSPS) is 12.8. The largest absolute Gasteiger partial charge is 0.462 e. The van der Waals surface area contributed by atoms with E-state index in [1.165, 1.54) is 57.8 Å². The van der Waals surface area contributed by atoms with Crippen molar-refractivity contribution < 1.29 is 24.2 Å². The summed E-state index contributed by atoms with van der Waals surface area (Å²) in [6.45, 7) is 3.96. The molecule has 1 N–H and O–H groups in total. The fraction of sp³-hybridized carbons (Fsp3) is 0.722. The first-order chi connectivity index (χ1) is 20.1. The second-order valence-corrected chi connectivity index (χ2v) is 10.9. The van der Waals surface area contributed by atoms with Crippen LogP contribution in [0.2, 0.25) is 0 Å². The number of carbonyl (C=O) groups is 2. The lowest BCUT2D eigenvalue weighted by molar-refractivity contribution is -0.161. The molecule has 236 valence electrons. The molecule has 0 radical (unpaired) electrons.